The van der Waals surface area contributed by atoms with E-state index in [1.807, 2.05) is 38.1 Å². The van der Waals surface area contributed by atoms with Crippen molar-refractivity contribution < 1.29 is 13.2 Å². The van der Waals surface area contributed by atoms with Crippen molar-refractivity contribution in [3.63, 3.8) is 0 Å². The molecule has 1 heterocycles. The molecule has 0 aliphatic heterocycles. The van der Waals surface area contributed by atoms with Gasteiger partial charge in [0, 0.05) is 37.2 Å². The lowest BCUT2D eigenvalue weighted by atomic mass is 10.1. The Hall–Kier alpha value is -3.39. The Balaban J connectivity index is 1.72. The topological polar surface area (TPSA) is 91.4 Å². The number of amides is 1. The van der Waals surface area contributed by atoms with E-state index >= 15 is 0 Å². The van der Waals surface area contributed by atoms with Gasteiger partial charge in [-0.1, -0.05) is 6.07 Å². The van der Waals surface area contributed by atoms with Crippen LogP contribution < -0.4 is 14.9 Å². The molecule has 0 aliphatic rings. The first-order chi connectivity index (χ1) is 13.8. The number of anilines is 3. The Bertz CT molecular complexity index is 1110. The zero-order valence-electron chi connectivity index (χ0n) is 16.4. The van der Waals surface area contributed by atoms with E-state index in [1.54, 1.807) is 36.4 Å². The predicted octanol–water partition coefficient (Wildman–Crippen LogP) is 3.51. The summed E-state index contributed by atoms with van der Waals surface area (Å²) in [6, 6.07) is 16.4. The van der Waals surface area contributed by atoms with Crippen LogP contribution in [0.3, 0.4) is 0 Å². The Morgan fingerprint density at radius 2 is 1.72 bits per heavy atom. The van der Waals surface area contributed by atoms with Gasteiger partial charge >= 0.3 is 0 Å². The second kappa shape index (κ2) is 8.32. The van der Waals surface area contributed by atoms with Gasteiger partial charge in [-0.3, -0.25) is 9.52 Å². The molecule has 0 saturated carbocycles. The summed E-state index contributed by atoms with van der Waals surface area (Å²) in [7, 11) is 0.131. The van der Waals surface area contributed by atoms with Gasteiger partial charge in [0.2, 0.25) is 0 Å². The molecule has 0 bridgehead atoms. The van der Waals surface area contributed by atoms with Gasteiger partial charge < -0.3 is 10.2 Å². The number of carbonyl (C=O) groups excluding carboxylic acids is 1. The van der Waals surface area contributed by atoms with Crippen LogP contribution in [0.15, 0.2) is 71.8 Å². The van der Waals surface area contributed by atoms with Gasteiger partial charge in [0.25, 0.3) is 15.9 Å². The number of pyridine rings is 1. The monoisotopic (exact) mass is 410 g/mol. The molecule has 2 aromatic carbocycles. The molecule has 29 heavy (non-hydrogen) atoms. The zero-order valence-corrected chi connectivity index (χ0v) is 17.2. The third-order valence-corrected chi connectivity index (χ3v) is 5.64. The molecule has 3 aromatic rings. The Kier molecular flexibility index (Phi) is 5.84. The van der Waals surface area contributed by atoms with Crippen LogP contribution in [0.25, 0.3) is 0 Å². The maximum Gasteiger partial charge on any atom is 0.263 e. The summed E-state index contributed by atoms with van der Waals surface area (Å²) in [5, 5.41) is 2.78. The fourth-order valence-corrected chi connectivity index (χ4v) is 3.85. The summed E-state index contributed by atoms with van der Waals surface area (Å²) in [5.74, 6) is -0.0259. The number of nitrogens with zero attached hydrogens (tertiary/aromatic N) is 2. The molecule has 0 radical (unpaired) electrons. The normalized spacial score (nSPS) is 11.0. The lowest BCUT2D eigenvalue weighted by Crippen LogP contribution is -2.15. The number of aromatic nitrogens is 1. The molecule has 7 nitrogen and oxygen atoms in total. The lowest BCUT2D eigenvalue weighted by Gasteiger charge is -2.16. The number of nitrogens with one attached hydrogen (secondary N) is 2. The average molecular weight is 410 g/mol. The second-order valence-electron chi connectivity index (χ2n) is 6.69. The fraction of sp³-hybridized carbons (Fsp3) is 0.143. The van der Waals surface area contributed by atoms with Crippen molar-refractivity contribution in [1.82, 2.24) is 4.98 Å². The third-order valence-electron chi connectivity index (χ3n) is 4.27. The molecular weight excluding hydrogens is 388 g/mol. The summed E-state index contributed by atoms with van der Waals surface area (Å²) < 4.78 is 27.3. The van der Waals surface area contributed by atoms with E-state index < -0.39 is 10.0 Å². The van der Waals surface area contributed by atoms with Gasteiger partial charge in [0.15, 0.2) is 0 Å². The van der Waals surface area contributed by atoms with Crippen LogP contribution in [0, 0.1) is 6.92 Å². The van der Waals surface area contributed by atoms with Gasteiger partial charge in [-0.25, -0.2) is 13.4 Å². The molecule has 0 atom stereocenters. The molecule has 0 fully saturated rings. The van der Waals surface area contributed by atoms with Crippen LogP contribution in [0.2, 0.25) is 0 Å². The predicted molar refractivity (Wildman–Crippen MR) is 115 cm³/mol. The minimum absolute atomic E-state index is 0.0762. The number of rotatable bonds is 6. The number of hydrogen-bond acceptors (Lipinski definition) is 5. The van der Waals surface area contributed by atoms with Crippen LogP contribution in [0.5, 0.6) is 0 Å². The lowest BCUT2D eigenvalue weighted by molar-refractivity contribution is 0.102. The summed E-state index contributed by atoms with van der Waals surface area (Å²) in [6.45, 7) is 1.94. The number of hydrogen-bond donors (Lipinski definition) is 2. The standard InChI is InChI=1S/C21H22N4O3S/c1-15-14-16(7-12-19(15)25(2)3)21(26)23-17-8-10-18(11-9-17)29(27,28)24-20-6-4-5-13-22-20/h4-14H,1-3H3,(H,22,24)(H,23,26). The second-order valence-corrected chi connectivity index (χ2v) is 8.38. The van der Waals surface area contributed by atoms with E-state index in [4.69, 9.17) is 0 Å². The molecule has 0 unspecified atom stereocenters. The first kappa shape index (κ1) is 20.3. The number of aryl methyl sites for hydroxylation is 1. The van der Waals surface area contributed by atoms with E-state index in [2.05, 4.69) is 15.0 Å². The largest absolute Gasteiger partial charge is 0.377 e. The summed E-state index contributed by atoms with van der Waals surface area (Å²) >= 11 is 0. The van der Waals surface area contributed by atoms with Gasteiger partial charge in [-0.05, 0) is 67.1 Å². The molecule has 8 heteroatoms. The number of benzene rings is 2. The zero-order chi connectivity index (χ0) is 21.0. The minimum Gasteiger partial charge on any atom is -0.377 e. The van der Waals surface area contributed by atoms with Crippen molar-refractivity contribution in [3.8, 4) is 0 Å². The quantitative estimate of drug-likeness (QED) is 0.649. The number of sulfonamides is 1. The van der Waals surface area contributed by atoms with Crippen molar-refractivity contribution in [3.05, 3.63) is 78.0 Å². The Morgan fingerprint density at radius 1 is 1.00 bits per heavy atom. The van der Waals surface area contributed by atoms with Crippen LogP contribution >= 0.6 is 0 Å². The highest BCUT2D eigenvalue weighted by molar-refractivity contribution is 7.92. The van der Waals surface area contributed by atoms with Gasteiger partial charge in [-0.2, -0.15) is 0 Å². The van der Waals surface area contributed by atoms with Crippen LogP contribution in [0.4, 0.5) is 17.2 Å². The summed E-state index contributed by atoms with van der Waals surface area (Å²) in [6.07, 6.45) is 1.50. The molecule has 1 aromatic heterocycles. The van der Waals surface area contributed by atoms with E-state index in [-0.39, 0.29) is 16.6 Å². The van der Waals surface area contributed by atoms with Crippen molar-refractivity contribution in [2.24, 2.45) is 0 Å². The Labute approximate surface area is 170 Å². The molecule has 0 spiro atoms. The van der Waals surface area contributed by atoms with Crippen LogP contribution in [-0.2, 0) is 10.0 Å². The van der Waals surface area contributed by atoms with E-state index in [9.17, 15) is 13.2 Å². The number of carbonyl (C=O) groups is 1. The minimum atomic E-state index is -3.76. The highest BCUT2D eigenvalue weighted by atomic mass is 32.2. The van der Waals surface area contributed by atoms with Crippen molar-refractivity contribution >= 4 is 33.1 Å². The molecule has 3 rings (SSSR count). The fourth-order valence-electron chi connectivity index (χ4n) is 2.84. The highest BCUT2D eigenvalue weighted by Gasteiger charge is 2.15. The van der Waals surface area contributed by atoms with Crippen molar-refractivity contribution in [2.45, 2.75) is 11.8 Å². The van der Waals surface area contributed by atoms with E-state index in [0.717, 1.165) is 11.3 Å². The van der Waals surface area contributed by atoms with Gasteiger partial charge in [-0.15, -0.1) is 0 Å². The molecule has 2 N–H and O–H groups in total. The summed E-state index contributed by atoms with van der Waals surface area (Å²) in [4.78, 5) is 18.5. The Morgan fingerprint density at radius 3 is 2.31 bits per heavy atom. The van der Waals surface area contributed by atoms with Crippen molar-refractivity contribution in [2.75, 3.05) is 29.0 Å². The molecule has 0 aliphatic carbocycles. The summed E-state index contributed by atoms with van der Waals surface area (Å²) in [5.41, 5.74) is 3.06. The van der Waals surface area contributed by atoms with E-state index in [1.165, 1.54) is 18.3 Å². The SMILES string of the molecule is Cc1cc(C(=O)Nc2ccc(S(=O)(=O)Nc3ccccn3)cc2)ccc1N(C)C. The highest BCUT2D eigenvalue weighted by Crippen LogP contribution is 2.21. The first-order valence-electron chi connectivity index (χ1n) is 8.89. The molecule has 150 valence electrons. The smallest absolute Gasteiger partial charge is 0.263 e. The molecular formula is C21H22N4O3S. The first-order valence-corrected chi connectivity index (χ1v) is 10.4. The van der Waals surface area contributed by atoms with Gasteiger partial charge in [0.1, 0.15) is 5.82 Å². The van der Waals surface area contributed by atoms with Crippen LogP contribution in [0.1, 0.15) is 15.9 Å². The average Bonchev–Trinajstić information content (AvgIpc) is 2.68. The third kappa shape index (κ3) is 4.91. The van der Waals surface area contributed by atoms with E-state index in [0.29, 0.717) is 11.3 Å². The van der Waals surface area contributed by atoms with Gasteiger partial charge in [0.05, 0.1) is 4.90 Å². The molecule has 0 saturated heterocycles. The molecule has 1 amide bonds. The van der Waals surface area contributed by atoms with Crippen molar-refractivity contribution in [1.29, 1.82) is 0 Å². The maximum atomic E-state index is 12.5. The van der Waals surface area contributed by atoms with Crippen LogP contribution in [-0.4, -0.2) is 33.4 Å². The maximum absolute atomic E-state index is 12.5.